The van der Waals surface area contributed by atoms with Crippen LogP contribution in [-0.4, -0.2) is 15.0 Å². The molecule has 0 amide bonds. The summed E-state index contributed by atoms with van der Waals surface area (Å²) in [5, 5.41) is 0. The van der Waals surface area contributed by atoms with E-state index in [1.807, 2.05) is 0 Å². The topological polar surface area (TPSA) is 46.2 Å². The molecule has 1 aromatic carbocycles. The van der Waals surface area contributed by atoms with E-state index in [0.29, 0.717) is 11.4 Å². The van der Waals surface area contributed by atoms with Gasteiger partial charge in [-0.1, -0.05) is 25.1 Å². The molecule has 0 bridgehead atoms. The summed E-state index contributed by atoms with van der Waals surface area (Å²) in [4.78, 5) is 0.303. The van der Waals surface area contributed by atoms with Crippen LogP contribution in [0.1, 0.15) is 6.92 Å². The SMILES string of the molecule is C[CH]CNS(=O)(=O)c1ccccc1. The van der Waals surface area contributed by atoms with Gasteiger partial charge < -0.3 is 0 Å². The zero-order valence-corrected chi connectivity index (χ0v) is 8.21. The predicted molar refractivity (Wildman–Crippen MR) is 51.6 cm³/mol. The van der Waals surface area contributed by atoms with Gasteiger partial charge in [0.05, 0.1) is 4.90 Å². The van der Waals surface area contributed by atoms with E-state index in [4.69, 9.17) is 0 Å². The van der Waals surface area contributed by atoms with E-state index in [1.54, 1.807) is 43.7 Å². The lowest BCUT2D eigenvalue weighted by Gasteiger charge is -2.03. The van der Waals surface area contributed by atoms with Crippen LogP contribution in [0.2, 0.25) is 0 Å². The lowest BCUT2D eigenvalue weighted by Crippen LogP contribution is -2.24. The summed E-state index contributed by atoms with van der Waals surface area (Å²) in [6.45, 7) is 2.16. The van der Waals surface area contributed by atoms with Crippen LogP contribution in [0.25, 0.3) is 0 Å². The molecule has 1 aromatic rings. The smallest absolute Gasteiger partial charge is 0.211 e. The van der Waals surface area contributed by atoms with Gasteiger partial charge in [-0.15, -0.1) is 0 Å². The summed E-state index contributed by atoms with van der Waals surface area (Å²) in [6.07, 6.45) is 1.75. The fourth-order valence-corrected chi connectivity index (χ4v) is 1.94. The van der Waals surface area contributed by atoms with Gasteiger partial charge in [0.1, 0.15) is 0 Å². The first-order valence-electron chi connectivity index (χ1n) is 3.99. The lowest BCUT2D eigenvalue weighted by atomic mass is 10.4. The molecule has 71 valence electrons. The second kappa shape index (κ2) is 4.39. The molecule has 0 aliphatic rings. The largest absolute Gasteiger partial charge is 0.240 e. The zero-order valence-electron chi connectivity index (χ0n) is 7.40. The van der Waals surface area contributed by atoms with Crippen molar-refractivity contribution in [1.29, 1.82) is 0 Å². The highest BCUT2D eigenvalue weighted by atomic mass is 32.2. The van der Waals surface area contributed by atoms with Crippen LogP contribution in [0.5, 0.6) is 0 Å². The molecule has 0 spiro atoms. The fraction of sp³-hybridized carbons (Fsp3) is 0.222. The Morgan fingerprint density at radius 1 is 1.31 bits per heavy atom. The van der Waals surface area contributed by atoms with Crippen LogP contribution < -0.4 is 4.72 Å². The van der Waals surface area contributed by atoms with Crippen molar-refractivity contribution < 1.29 is 8.42 Å². The van der Waals surface area contributed by atoms with Crippen LogP contribution in [0, 0.1) is 6.42 Å². The monoisotopic (exact) mass is 198 g/mol. The van der Waals surface area contributed by atoms with Crippen molar-refractivity contribution in [2.24, 2.45) is 0 Å². The van der Waals surface area contributed by atoms with Gasteiger partial charge in [0.25, 0.3) is 0 Å². The molecule has 0 heterocycles. The summed E-state index contributed by atoms with van der Waals surface area (Å²) >= 11 is 0. The third kappa shape index (κ3) is 2.82. The maximum Gasteiger partial charge on any atom is 0.240 e. The van der Waals surface area contributed by atoms with Crippen molar-refractivity contribution >= 4 is 10.0 Å². The van der Waals surface area contributed by atoms with Crippen molar-refractivity contribution in [3.05, 3.63) is 36.8 Å². The minimum Gasteiger partial charge on any atom is -0.211 e. The Bertz CT molecular complexity index is 345. The van der Waals surface area contributed by atoms with Crippen molar-refractivity contribution in [2.75, 3.05) is 6.54 Å². The normalized spacial score (nSPS) is 11.5. The van der Waals surface area contributed by atoms with Crippen molar-refractivity contribution in [3.8, 4) is 0 Å². The van der Waals surface area contributed by atoms with E-state index < -0.39 is 10.0 Å². The fourth-order valence-electron chi connectivity index (χ4n) is 0.876. The Labute approximate surface area is 78.8 Å². The van der Waals surface area contributed by atoms with Crippen molar-refractivity contribution in [3.63, 3.8) is 0 Å². The Hall–Kier alpha value is -0.870. The molecule has 1 N–H and O–H groups in total. The summed E-state index contributed by atoms with van der Waals surface area (Å²) in [7, 11) is -3.30. The van der Waals surface area contributed by atoms with Crippen LogP contribution >= 0.6 is 0 Å². The molecule has 0 aliphatic carbocycles. The van der Waals surface area contributed by atoms with Gasteiger partial charge in [-0.05, 0) is 18.6 Å². The number of hydrogen-bond donors (Lipinski definition) is 1. The molecule has 1 radical (unpaired) electrons. The maximum atomic E-state index is 11.5. The number of benzene rings is 1. The molecule has 0 saturated carbocycles. The van der Waals surface area contributed by atoms with Gasteiger partial charge >= 0.3 is 0 Å². The summed E-state index contributed by atoms with van der Waals surface area (Å²) in [5.41, 5.74) is 0. The van der Waals surface area contributed by atoms with E-state index >= 15 is 0 Å². The first-order valence-corrected chi connectivity index (χ1v) is 5.47. The molecule has 3 nitrogen and oxygen atoms in total. The highest BCUT2D eigenvalue weighted by molar-refractivity contribution is 7.89. The van der Waals surface area contributed by atoms with Gasteiger partial charge in [-0.2, -0.15) is 0 Å². The molecule has 4 heteroatoms. The standard InChI is InChI=1S/C9H12NO2S/c1-2-8-10-13(11,12)9-6-4-3-5-7-9/h2-7,10H,8H2,1H3. The predicted octanol–water partition coefficient (Wildman–Crippen LogP) is 1.19. The number of rotatable bonds is 4. The minimum absolute atomic E-state index is 0.303. The molecule has 0 fully saturated rings. The summed E-state index contributed by atoms with van der Waals surface area (Å²) in [6, 6.07) is 8.31. The molecule has 13 heavy (non-hydrogen) atoms. The lowest BCUT2D eigenvalue weighted by molar-refractivity contribution is 0.584. The molecule has 0 saturated heterocycles. The Balaban J connectivity index is 2.83. The molecule has 0 atom stereocenters. The number of nitrogens with one attached hydrogen (secondary N) is 1. The Morgan fingerprint density at radius 2 is 1.92 bits per heavy atom. The van der Waals surface area contributed by atoms with Crippen LogP contribution in [0.3, 0.4) is 0 Å². The Morgan fingerprint density at radius 3 is 2.46 bits per heavy atom. The Kier molecular flexibility index (Phi) is 3.45. The van der Waals surface area contributed by atoms with Gasteiger partial charge in [-0.25, -0.2) is 13.1 Å². The molecule has 0 aromatic heterocycles. The molecular weight excluding hydrogens is 186 g/mol. The van der Waals surface area contributed by atoms with E-state index in [-0.39, 0.29) is 0 Å². The minimum atomic E-state index is -3.30. The van der Waals surface area contributed by atoms with Gasteiger partial charge in [0.2, 0.25) is 10.0 Å². The maximum absolute atomic E-state index is 11.5. The number of hydrogen-bond acceptors (Lipinski definition) is 2. The van der Waals surface area contributed by atoms with Crippen molar-refractivity contribution in [2.45, 2.75) is 11.8 Å². The van der Waals surface area contributed by atoms with E-state index in [2.05, 4.69) is 4.72 Å². The molecule has 0 aliphatic heterocycles. The van der Waals surface area contributed by atoms with Gasteiger partial charge in [0, 0.05) is 6.54 Å². The quantitative estimate of drug-likeness (QED) is 0.790. The average molecular weight is 198 g/mol. The third-order valence-electron chi connectivity index (χ3n) is 1.53. The van der Waals surface area contributed by atoms with E-state index in [0.717, 1.165) is 0 Å². The first-order chi connectivity index (χ1) is 6.17. The first kappa shape index (κ1) is 10.2. The van der Waals surface area contributed by atoms with Crippen LogP contribution in [0.15, 0.2) is 35.2 Å². The van der Waals surface area contributed by atoms with Gasteiger partial charge in [0.15, 0.2) is 0 Å². The highest BCUT2D eigenvalue weighted by Gasteiger charge is 2.10. The van der Waals surface area contributed by atoms with Crippen molar-refractivity contribution in [1.82, 2.24) is 4.72 Å². The third-order valence-corrected chi connectivity index (χ3v) is 2.97. The second-order valence-electron chi connectivity index (χ2n) is 2.57. The molecular formula is C9H12NO2S. The zero-order chi connectivity index (χ0) is 9.73. The molecule has 0 unspecified atom stereocenters. The van der Waals surface area contributed by atoms with E-state index in [9.17, 15) is 8.42 Å². The van der Waals surface area contributed by atoms with Crippen LogP contribution in [-0.2, 0) is 10.0 Å². The second-order valence-corrected chi connectivity index (χ2v) is 4.34. The van der Waals surface area contributed by atoms with E-state index in [1.165, 1.54) is 0 Å². The van der Waals surface area contributed by atoms with Gasteiger partial charge in [-0.3, -0.25) is 0 Å². The average Bonchev–Trinajstić information content (AvgIpc) is 2.16. The number of sulfonamides is 1. The molecule has 1 rings (SSSR count). The summed E-state index contributed by atoms with van der Waals surface area (Å²) in [5.74, 6) is 0. The van der Waals surface area contributed by atoms with Crippen LogP contribution in [0.4, 0.5) is 0 Å². The summed E-state index contributed by atoms with van der Waals surface area (Å²) < 4.78 is 25.4. The highest BCUT2D eigenvalue weighted by Crippen LogP contribution is 2.06.